The van der Waals surface area contributed by atoms with Gasteiger partial charge in [-0.1, -0.05) is 53.7 Å². The van der Waals surface area contributed by atoms with Gasteiger partial charge in [-0.15, -0.1) is 16.8 Å². The largest absolute Gasteiger partial charge is 0.326 e. The standard InChI is InChI=1S/C23H25N5O2S/c1-3-15-28-20(13-14-21(29)24-19-11-9-17(2)10-12-19)26-27-23(28)31-16-22(30)25-18-7-5-4-6-8-18/h3-12H,1,13-16H2,2H3,(H,24,29)(H,25,30). The maximum atomic E-state index is 12.3. The number of aromatic nitrogens is 3. The fourth-order valence-corrected chi connectivity index (χ4v) is 3.62. The minimum atomic E-state index is -0.122. The molecule has 160 valence electrons. The minimum Gasteiger partial charge on any atom is -0.326 e. The van der Waals surface area contributed by atoms with Crippen molar-refractivity contribution in [3.05, 3.63) is 78.6 Å². The number of aryl methyl sites for hydroxylation is 2. The van der Waals surface area contributed by atoms with Crippen molar-refractivity contribution in [2.75, 3.05) is 16.4 Å². The Hall–Kier alpha value is -3.39. The third kappa shape index (κ3) is 6.82. The van der Waals surface area contributed by atoms with E-state index >= 15 is 0 Å². The normalized spacial score (nSPS) is 10.5. The number of nitrogens with zero attached hydrogens (tertiary/aromatic N) is 3. The fraction of sp³-hybridized carbons (Fsp3) is 0.217. The number of amides is 2. The molecule has 2 N–H and O–H groups in total. The zero-order valence-corrected chi connectivity index (χ0v) is 18.2. The van der Waals surface area contributed by atoms with Crippen LogP contribution in [0.5, 0.6) is 0 Å². The lowest BCUT2D eigenvalue weighted by Crippen LogP contribution is -2.15. The van der Waals surface area contributed by atoms with Crippen LogP contribution >= 0.6 is 11.8 Å². The topological polar surface area (TPSA) is 88.9 Å². The predicted molar refractivity (Wildman–Crippen MR) is 124 cm³/mol. The third-order valence-corrected chi connectivity index (χ3v) is 5.37. The van der Waals surface area contributed by atoms with Crippen molar-refractivity contribution < 1.29 is 9.59 Å². The highest BCUT2D eigenvalue weighted by Crippen LogP contribution is 2.19. The Kier molecular flexibility index (Phi) is 8.00. The van der Waals surface area contributed by atoms with E-state index in [9.17, 15) is 9.59 Å². The van der Waals surface area contributed by atoms with Gasteiger partial charge in [0, 0.05) is 30.8 Å². The van der Waals surface area contributed by atoms with E-state index in [0.29, 0.717) is 23.9 Å². The van der Waals surface area contributed by atoms with E-state index < -0.39 is 0 Å². The van der Waals surface area contributed by atoms with Gasteiger partial charge in [0.05, 0.1) is 5.75 Å². The second-order valence-corrected chi connectivity index (χ2v) is 7.86. The first kappa shape index (κ1) is 22.3. The molecule has 31 heavy (non-hydrogen) atoms. The third-order valence-electron chi connectivity index (χ3n) is 4.41. The van der Waals surface area contributed by atoms with Crippen molar-refractivity contribution in [3.63, 3.8) is 0 Å². The van der Waals surface area contributed by atoms with E-state index in [-0.39, 0.29) is 24.0 Å². The van der Waals surface area contributed by atoms with Gasteiger partial charge >= 0.3 is 0 Å². The number of carbonyl (C=O) groups is 2. The summed E-state index contributed by atoms with van der Waals surface area (Å²) < 4.78 is 1.88. The molecule has 0 atom stereocenters. The molecule has 0 radical (unpaired) electrons. The Balaban J connectivity index is 1.55. The molecule has 1 heterocycles. The van der Waals surface area contributed by atoms with Crippen LogP contribution in [0.1, 0.15) is 17.8 Å². The number of rotatable bonds is 10. The number of para-hydroxylation sites is 1. The first-order valence-electron chi connectivity index (χ1n) is 9.92. The molecule has 0 bridgehead atoms. The molecular formula is C23H25N5O2S. The van der Waals surface area contributed by atoms with E-state index in [4.69, 9.17) is 0 Å². The van der Waals surface area contributed by atoms with Crippen molar-refractivity contribution in [2.24, 2.45) is 0 Å². The second kappa shape index (κ2) is 11.1. The molecule has 0 saturated carbocycles. The molecule has 0 aliphatic heterocycles. The van der Waals surface area contributed by atoms with E-state index in [2.05, 4.69) is 27.4 Å². The van der Waals surface area contributed by atoms with Crippen LogP contribution in [0, 0.1) is 6.92 Å². The van der Waals surface area contributed by atoms with Crippen molar-refractivity contribution in [3.8, 4) is 0 Å². The van der Waals surface area contributed by atoms with Crippen molar-refractivity contribution >= 4 is 35.0 Å². The Morgan fingerprint density at radius 1 is 1.00 bits per heavy atom. The van der Waals surface area contributed by atoms with E-state index in [1.165, 1.54) is 11.8 Å². The molecule has 0 aliphatic carbocycles. The monoisotopic (exact) mass is 435 g/mol. The van der Waals surface area contributed by atoms with Gasteiger partial charge in [-0.05, 0) is 31.2 Å². The van der Waals surface area contributed by atoms with Crippen LogP contribution in [0.4, 0.5) is 11.4 Å². The summed E-state index contributed by atoms with van der Waals surface area (Å²) >= 11 is 1.30. The van der Waals surface area contributed by atoms with Gasteiger partial charge in [0.1, 0.15) is 5.82 Å². The van der Waals surface area contributed by atoms with Crippen LogP contribution in [-0.4, -0.2) is 32.3 Å². The lowest BCUT2D eigenvalue weighted by molar-refractivity contribution is -0.116. The maximum Gasteiger partial charge on any atom is 0.234 e. The summed E-state index contributed by atoms with van der Waals surface area (Å²) in [6.07, 6.45) is 2.46. The Bertz CT molecular complexity index is 1030. The van der Waals surface area contributed by atoms with E-state index in [1.807, 2.05) is 66.1 Å². The highest BCUT2D eigenvalue weighted by molar-refractivity contribution is 7.99. The van der Waals surface area contributed by atoms with Crippen LogP contribution in [0.2, 0.25) is 0 Å². The quantitative estimate of drug-likeness (QED) is 0.370. The van der Waals surface area contributed by atoms with Gasteiger partial charge in [-0.25, -0.2) is 0 Å². The number of nitrogens with one attached hydrogen (secondary N) is 2. The van der Waals surface area contributed by atoms with Gasteiger partial charge in [0.15, 0.2) is 5.16 Å². The fourth-order valence-electron chi connectivity index (χ4n) is 2.86. The SMILES string of the molecule is C=CCn1c(CCC(=O)Nc2ccc(C)cc2)nnc1SCC(=O)Nc1ccccc1. The summed E-state index contributed by atoms with van der Waals surface area (Å²) in [6, 6.07) is 17.0. The zero-order chi connectivity index (χ0) is 22.1. The van der Waals surface area contributed by atoms with Crippen LogP contribution in [0.15, 0.2) is 72.4 Å². The molecular weight excluding hydrogens is 410 g/mol. The molecule has 0 fully saturated rings. The molecule has 0 unspecified atom stereocenters. The number of carbonyl (C=O) groups excluding carboxylic acids is 2. The smallest absolute Gasteiger partial charge is 0.234 e. The molecule has 0 spiro atoms. The molecule has 0 saturated heterocycles. The molecule has 8 heteroatoms. The Morgan fingerprint density at radius 3 is 2.39 bits per heavy atom. The highest BCUT2D eigenvalue weighted by atomic mass is 32.2. The lowest BCUT2D eigenvalue weighted by atomic mass is 10.2. The average Bonchev–Trinajstić information content (AvgIpc) is 3.15. The summed E-state index contributed by atoms with van der Waals surface area (Å²) in [5.74, 6) is 0.680. The van der Waals surface area contributed by atoms with Crippen LogP contribution < -0.4 is 10.6 Å². The molecule has 3 rings (SSSR count). The van der Waals surface area contributed by atoms with Crippen molar-refractivity contribution in [1.29, 1.82) is 0 Å². The summed E-state index contributed by atoms with van der Waals surface area (Å²) in [6.45, 7) is 6.29. The summed E-state index contributed by atoms with van der Waals surface area (Å²) in [5.41, 5.74) is 2.66. The lowest BCUT2D eigenvalue weighted by Gasteiger charge is -2.09. The summed E-state index contributed by atoms with van der Waals surface area (Å²) in [5, 5.41) is 14.8. The van der Waals surface area contributed by atoms with Crippen LogP contribution in [-0.2, 0) is 22.6 Å². The van der Waals surface area contributed by atoms with Crippen LogP contribution in [0.3, 0.4) is 0 Å². The number of hydrogen-bond acceptors (Lipinski definition) is 5. The highest BCUT2D eigenvalue weighted by Gasteiger charge is 2.15. The molecule has 7 nitrogen and oxygen atoms in total. The molecule has 0 aliphatic rings. The molecule has 2 amide bonds. The number of benzene rings is 2. The van der Waals surface area contributed by atoms with Crippen LogP contribution in [0.25, 0.3) is 0 Å². The molecule has 1 aromatic heterocycles. The second-order valence-electron chi connectivity index (χ2n) is 6.92. The number of thioether (sulfide) groups is 1. The zero-order valence-electron chi connectivity index (χ0n) is 17.4. The maximum absolute atomic E-state index is 12.3. The number of hydrogen-bond donors (Lipinski definition) is 2. The van der Waals surface area contributed by atoms with Gasteiger partial charge in [-0.2, -0.15) is 0 Å². The number of anilines is 2. The first-order valence-corrected chi connectivity index (χ1v) is 10.9. The first-order chi connectivity index (χ1) is 15.0. The minimum absolute atomic E-state index is 0.0894. The molecule has 3 aromatic rings. The van der Waals surface area contributed by atoms with Gasteiger partial charge in [-0.3, -0.25) is 9.59 Å². The predicted octanol–water partition coefficient (Wildman–Crippen LogP) is 4.07. The van der Waals surface area contributed by atoms with Crippen molar-refractivity contribution in [2.45, 2.75) is 31.5 Å². The number of allylic oxidation sites excluding steroid dienone is 1. The Labute approximate surface area is 186 Å². The van der Waals surface area contributed by atoms with E-state index in [0.717, 1.165) is 16.9 Å². The summed E-state index contributed by atoms with van der Waals surface area (Å²) in [7, 11) is 0. The van der Waals surface area contributed by atoms with Gasteiger partial charge in [0.25, 0.3) is 0 Å². The molecule has 2 aromatic carbocycles. The van der Waals surface area contributed by atoms with Gasteiger partial charge < -0.3 is 15.2 Å². The average molecular weight is 436 g/mol. The van der Waals surface area contributed by atoms with E-state index in [1.54, 1.807) is 6.08 Å². The van der Waals surface area contributed by atoms with Gasteiger partial charge in [0.2, 0.25) is 11.8 Å². The van der Waals surface area contributed by atoms with Crippen molar-refractivity contribution in [1.82, 2.24) is 14.8 Å². The summed E-state index contributed by atoms with van der Waals surface area (Å²) in [4.78, 5) is 24.5. The Morgan fingerprint density at radius 2 is 1.68 bits per heavy atom.